The molecule has 0 aliphatic carbocycles. The molecule has 1 saturated heterocycles. The number of anilines is 1. The Balaban J connectivity index is 1.67. The van der Waals surface area contributed by atoms with Gasteiger partial charge in [-0.2, -0.15) is 5.10 Å². The Hall–Kier alpha value is -2.41. The van der Waals surface area contributed by atoms with Crippen LogP contribution in [0.4, 0.5) is 10.5 Å². The van der Waals surface area contributed by atoms with E-state index in [4.69, 9.17) is 0 Å². The van der Waals surface area contributed by atoms with Gasteiger partial charge in [-0.25, -0.2) is 4.79 Å². The summed E-state index contributed by atoms with van der Waals surface area (Å²) in [5, 5.41) is 7.24. The monoisotopic (exact) mass is 342 g/mol. The first kappa shape index (κ1) is 17.4. The number of aryl methyl sites for hydroxylation is 1. The summed E-state index contributed by atoms with van der Waals surface area (Å²) in [5.74, 6) is 0.385. The molecule has 3 rings (SSSR count). The SMILES string of the molecule is CN(C[C@@H]1CCCN(C)[C@H]1c1cnn(C)c1)C(=O)Nc1ccncc1. The molecular weight excluding hydrogens is 316 g/mol. The van der Waals surface area contributed by atoms with Crippen LogP contribution in [0.15, 0.2) is 36.9 Å². The maximum atomic E-state index is 12.5. The van der Waals surface area contributed by atoms with Gasteiger partial charge in [-0.3, -0.25) is 14.6 Å². The van der Waals surface area contributed by atoms with Gasteiger partial charge in [-0.15, -0.1) is 0 Å². The van der Waals surface area contributed by atoms with Gasteiger partial charge in [-0.05, 0) is 44.5 Å². The number of pyridine rings is 1. The molecule has 2 aromatic heterocycles. The summed E-state index contributed by atoms with van der Waals surface area (Å²) in [6.45, 7) is 1.78. The minimum absolute atomic E-state index is 0.0932. The van der Waals surface area contributed by atoms with Gasteiger partial charge in [-0.1, -0.05) is 0 Å². The van der Waals surface area contributed by atoms with Crippen molar-refractivity contribution in [2.24, 2.45) is 13.0 Å². The third-order valence-electron chi connectivity index (χ3n) is 4.86. The van der Waals surface area contributed by atoms with E-state index >= 15 is 0 Å². The van der Waals surface area contributed by atoms with Crippen LogP contribution < -0.4 is 5.32 Å². The zero-order valence-corrected chi connectivity index (χ0v) is 15.1. The summed E-state index contributed by atoms with van der Waals surface area (Å²) in [4.78, 5) is 20.6. The lowest BCUT2D eigenvalue weighted by Crippen LogP contribution is -2.43. The summed E-state index contributed by atoms with van der Waals surface area (Å²) < 4.78 is 1.84. The summed E-state index contributed by atoms with van der Waals surface area (Å²) in [5.41, 5.74) is 1.98. The van der Waals surface area contributed by atoms with E-state index in [1.807, 2.05) is 25.0 Å². The number of nitrogens with one attached hydrogen (secondary N) is 1. The van der Waals surface area contributed by atoms with Gasteiger partial charge in [0, 0.05) is 56.5 Å². The minimum atomic E-state index is -0.0932. The van der Waals surface area contributed by atoms with Gasteiger partial charge < -0.3 is 10.2 Å². The molecule has 0 saturated carbocycles. The molecule has 134 valence electrons. The van der Waals surface area contributed by atoms with Gasteiger partial charge >= 0.3 is 6.03 Å². The average Bonchev–Trinajstić information content (AvgIpc) is 3.01. The van der Waals surface area contributed by atoms with Crippen LogP contribution in [0.5, 0.6) is 0 Å². The molecule has 3 heterocycles. The van der Waals surface area contributed by atoms with E-state index in [1.54, 1.807) is 29.4 Å². The molecule has 0 bridgehead atoms. The molecule has 1 N–H and O–H groups in total. The highest BCUT2D eigenvalue weighted by atomic mass is 16.2. The molecule has 2 aromatic rings. The van der Waals surface area contributed by atoms with Crippen molar-refractivity contribution >= 4 is 11.7 Å². The molecule has 2 amide bonds. The molecule has 1 aliphatic heterocycles. The van der Waals surface area contributed by atoms with Crippen LogP contribution in [0.2, 0.25) is 0 Å². The minimum Gasteiger partial charge on any atom is -0.327 e. The van der Waals surface area contributed by atoms with Crippen molar-refractivity contribution in [3.63, 3.8) is 0 Å². The highest BCUT2D eigenvalue weighted by molar-refractivity contribution is 5.88. The number of piperidine rings is 1. The third-order valence-corrected chi connectivity index (χ3v) is 4.86. The second kappa shape index (κ2) is 7.65. The van der Waals surface area contributed by atoms with Gasteiger partial charge in [0.2, 0.25) is 0 Å². The van der Waals surface area contributed by atoms with Gasteiger partial charge in [0.05, 0.1) is 6.20 Å². The largest absolute Gasteiger partial charge is 0.327 e. The molecule has 1 fully saturated rings. The van der Waals surface area contributed by atoms with Crippen molar-refractivity contribution in [2.75, 3.05) is 32.5 Å². The van der Waals surface area contributed by atoms with E-state index < -0.39 is 0 Å². The molecule has 2 atom stereocenters. The Kier molecular flexibility index (Phi) is 5.33. The van der Waals surface area contributed by atoms with Crippen molar-refractivity contribution in [2.45, 2.75) is 18.9 Å². The van der Waals surface area contributed by atoms with E-state index in [0.29, 0.717) is 18.5 Å². The van der Waals surface area contributed by atoms with E-state index in [-0.39, 0.29) is 6.03 Å². The topological polar surface area (TPSA) is 66.3 Å². The number of hydrogen-bond donors (Lipinski definition) is 1. The smallest absolute Gasteiger partial charge is 0.321 e. The fraction of sp³-hybridized carbons (Fsp3) is 0.500. The van der Waals surface area contributed by atoms with E-state index in [0.717, 1.165) is 25.1 Å². The number of carbonyl (C=O) groups excluding carboxylic acids is 1. The first-order chi connectivity index (χ1) is 12.0. The second-order valence-electron chi connectivity index (χ2n) is 6.82. The predicted octanol–water partition coefficient (Wildman–Crippen LogP) is 2.36. The van der Waals surface area contributed by atoms with Crippen LogP contribution in [-0.2, 0) is 7.05 Å². The summed E-state index contributed by atoms with van der Waals surface area (Å²) >= 11 is 0. The van der Waals surface area contributed by atoms with Crippen LogP contribution in [0, 0.1) is 5.92 Å². The average molecular weight is 342 g/mol. The quantitative estimate of drug-likeness (QED) is 0.926. The van der Waals surface area contributed by atoms with E-state index in [2.05, 4.69) is 33.5 Å². The maximum absolute atomic E-state index is 12.5. The van der Waals surface area contributed by atoms with Crippen LogP contribution in [-0.4, -0.2) is 57.8 Å². The lowest BCUT2D eigenvalue weighted by Gasteiger charge is -2.40. The summed E-state index contributed by atoms with van der Waals surface area (Å²) in [6.07, 6.45) is 9.62. The number of aromatic nitrogens is 3. The summed E-state index contributed by atoms with van der Waals surface area (Å²) in [6, 6.07) is 3.78. The fourth-order valence-electron chi connectivity index (χ4n) is 3.66. The van der Waals surface area contributed by atoms with Crippen LogP contribution in [0.1, 0.15) is 24.4 Å². The Morgan fingerprint density at radius 2 is 2.12 bits per heavy atom. The van der Waals surface area contributed by atoms with Crippen LogP contribution in [0.25, 0.3) is 0 Å². The molecule has 0 aromatic carbocycles. The first-order valence-corrected chi connectivity index (χ1v) is 8.65. The van der Waals surface area contributed by atoms with Crippen molar-refractivity contribution in [1.82, 2.24) is 24.6 Å². The highest BCUT2D eigenvalue weighted by Crippen LogP contribution is 2.35. The number of amides is 2. The lowest BCUT2D eigenvalue weighted by atomic mass is 9.86. The number of nitrogens with zero attached hydrogens (tertiary/aromatic N) is 5. The number of urea groups is 1. The molecule has 0 radical (unpaired) electrons. The molecule has 0 spiro atoms. The molecule has 25 heavy (non-hydrogen) atoms. The second-order valence-corrected chi connectivity index (χ2v) is 6.82. The molecule has 1 aliphatic rings. The fourth-order valence-corrected chi connectivity index (χ4v) is 3.66. The van der Waals surface area contributed by atoms with E-state index in [9.17, 15) is 4.79 Å². The normalized spacial score (nSPS) is 21.1. The van der Waals surface area contributed by atoms with Gasteiger partial charge in [0.1, 0.15) is 0 Å². The zero-order chi connectivity index (χ0) is 17.8. The Morgan fingerprint density at radius 3 is 2.80 bits per heavy atom. The van der Waals surface area contributed by atoms with Crippen molar-refractivity contribution < 1.29 is 4.79 Å². The highest BCUT2D eigenvalue weighted by Gasteiger charge is 2.32. The predicted molar refractivity (Wildman–Crippen MR) is 97.2 cm³/mol. The number of hydrogen-bond acceptors (Lipinski definition) is 4. The van der Waals surface area contributed by atoms with Gasteiger partial charge in [0.25, 0.3) is 0 Å². The van der Waals surface area contributed by atoms with Crippen molar-refractivity contribution in [3.8, 4) is 0 Å². The zero-order valence-electron chi connectivity index (χ0n) is 15.1. The molecule has 7 nitrogen and oxygen atoms in total. The number of carbonyl (C=O) groups is 1. The molecule has 0 unspecified atom stereocenters. The number of rotatable bonds is 4. The van der Waals surface area contributed by atoms with Crippen LogP contribution >= 0.6 is 0 Å². The standard InChI is InChI=1S/C18H26N6O/c1-22-10-4-5-14(17(22)15-11-20-24(3)13-15)12-23(2)18(25)21-16-6-8-19-9-7-16/h6-9,11,13-14,17H,4-5,10,12H2,1-3H3,(H,19,21,25)/t14-,17+/m0/s1. The van der Waals surface area contributed by atoms with E-state index in [1.165, 1.54) is 5.56 Å². The van der Waals surface area contributed by atoms with Gasteiger partial charge in [0.15, 0.2) is 0 Å². The Labute approximate surface area is 148 Å². The Morgan fingerprint density at radius 1 is 1.36 bits per heavy atom. The van der Waals surface area contributed by atoms with Crippen molar-refractivity contribution in [3.05, 3.63) is 42.5 Å². The molecule has 7 heteroatoms. The summed E-state index contributed by atoms with van der Waals surface area (Å²) in [7, 11) is 5.95. The van der Waals surface area contributed by atoms with Crippen LogP contribution in [0.3, 0.4) is 0 Å². The lowest BCUT2D eigenvalue weighted by molar-refractivity contribution is 0.101. The number of likely N-dealkylation sites (tertiary alicyclic amines) is 1. The first-order valence-electron chi connectivity index (χ1n) is 8.65. The maximum Gasteiger partial charge on any atom is 0.321 e. The molecular formula is C18H26N6O. The van der Waals surface area contributed by atoms with Crippen molar-refractivity contribution in [1.29, 1.82) is 0 Å². The third kappa shape index (κ3) is 4.17. The Bertz CT molecular complexity index is 701.